The highest BCUT2D eigenvalue weighted by atomic mass is 19.4. The van der Waals surface area contributed by atoms with E-state index in [-0.39, 0.29) is 24.1 Å². The van der Waals surface area contributed by atoms with E-state index >= 15 is 0 Å². The van der Waals surface area contributed by atoms with Crippen molar-refractivity contribution < 1.29 is 22.7 Å². The number of hydrogen-bond acceptors (Lipinski definition) is 4. The molecule has 30 heavy (non-hydrogen) atoms. The Balaban J connectivity index is 1.52. The largest absolute Gasteiger partial charge is 0.494 e. The summed E-state index contributed by atoms with van der Waals surface area (Å²) in [6.45, 7) is 2.60. The second-order valence-electron chi connectivity index (χ2n) is 7.27. The molecule has 1 amide bonds. The van der Waals surface area contributed by atoms with E-state index in [4.69, 9.17) is 4.74 Å². The second-order valence-corrected chi connectivity index (χ2v) is 7.27. The Morgan fingerprint density at radius 3 is 2.57 bits per heavy atom. The summed E-state index contributed by atoms with van der Waals surface area (Å²) in [5.74, 6) is 0.456. The third-order valence-corrected chi connectivity index (χ3v) is 5.04. The van der Waals surface area contributed by atoms with Gasteiger partial charge in [-0.2, -0.15) is 13.2 Å². The quantitative estimate of drug-likeness (QED) is 0.562. The van der Waals surface area contributed by atoms with Gasteiger partial charge in [0.2, 0.25) is 5.91 Å². The maximum Gasteiger partial charge on any atom is 0.416 e. The molecule has 0 spiro atoms. The molecule has 1 aliphatic rings. The van der Waals surface area contributed by atoms with Crippen molar-refractivity contribution >= 4 is 5.91 Å². The van der Waals surface area contributed by atoms with Crippen molar-refractivity contribution in [1.82, 2.24) is 16.2 Å². The third kappa shape index (κ3) is 5.73. The van der Waals surface area contributed by atoms with Crippen LogP contribution >= 0.6 is 0 Å². The summed E-state index contributed by atoms with van der Waals surface area (Å²) >= 11 is 0. The van der Waals surface area contributed by atoms with Crippen LogP contribution in [-0.2, 0) is 17.5 Å². The van der Waals surface area contributed by atoms with Gasteiger partial charge in [-0.3, -0.25) is 4.79 Å². The highest BCUT2D eigenvalue weighted by Gasteiger charge is 2.34. The predicted molar refractivity (Wildman–Crippen MR) is 108 cm³/mol. The van der Waals surface area contributed by atoms with E-state index in [1.165, 1.54) is 18.2 Å². The van der Waals surface area contributed by atoms with E-state index in [0.29, 0.717) is 13.0 Å². The molecule has 3 rings (SSSR count). The number of hydrogen-bond donors (Lipinski definition) is 3. The van der Waals surface area contributed by atoms with Gasteiger partial charge in [-0.15, -0.1) is 0 Å². The molecule has 1 aliphatic heterocycles. The van der Waals surface area contributed by atoms with Crippen LogP contribution in [0.15, 0.2) is 48.5 Å². The maximum absolute atomic E-state index is 13.1. The zero-order valence-corrected chi connectivity index (χ0v) is 16.8. The lowest BCUT2D eigenvalue weighted by Crippen LogP contribution is -2.43. The zero-order valence-electron chi connectivity index (χ0n) is 16.8. The average molecular weight is 421 g/mol. The molecule has 1 heterocycles. The summed E-state index contributed by atoms with van der Waals surface area (Å²) in [5, 5.41) is 2.60. The number of alkyl halides is 3. The number of ether oxygens (including phenoxy) is 1. The molecule has 0 radical (unpaired) electrons. The average Bonchev–Trinajstić information content (AvgIpc) is 3.23. The molecule has 2 atom stereocenters. The van der Waals surface area contributed by atoms with Crippen molar-refractivity contribution in [2.24, 2.45) is 0 Å². The number of halogens is 3. The van der Waals surface area contributed by atoms with Crippen LogP contribution in [0.2, 0.25) is 0 Å². The fourth-order valence-electron chi connectivity index (χ4n) is 3.33. The summed E-state index contributed by atoms with van der Waals surface area (Å²) in [6, 6.07) is 12.3. The minimum absolute atomic E-state index is 0.0412. The fraction of sp³-hybridized carbons (Fsp3) is 0.409. The number of carbonyl (C=O) groups excluding carboxylic acids is 1. The lowest BCUT2D eigenvalue weighted by molar-refractivity contribution is -0.138. The van der Waals surface area contributed by atoms with Crippen LogP contribution in [0.1, 0.15) is 48.9 Å². The standard InChI is InChI=1S/C22H26F3N3O2/c1-2-3-12-30-17-10-8-15(9-11-17)19-13-20(28-27-19)21(29)26-14-16-6-4-5-7-18(16)22(23,24)25/h4-11,19-20,27-28H,2-3,12-14H2,1H3,(H,26,29). The summed E-state index contributed by atoms with van der Waals surface area (Å²) in [4.78, 5) is 12.4. The Bertz CT molecular complexity index is 840. The number of rotatable bonds is 8. The van der Waals surface area contributed by atoms with Gasteiger partial charge in [0.1, 0.15) is 11.8 Å². The van der Waals surface area contributed by atoms with E-state index < -0.39 is 17.8 Å². The molecule has 3 N–H and O–H groups in total. The fourth-order valence-corrected chi connectivity index (χ4v) is 3.33. The van der Waals surface area contributed by atoms with Gasteiger partial charge >= 0.3 is 6.18 Å². The van der Waals surface area contributed by atoms with Gasteiger partial charge in [0.25, 0.3) is 0 Å². The van der Waals surface area contributed by atoms with Crippen molar-refractivity contribution in [3.8, 4) is 5.75 Å². The number of carbonyl (C=O) groups is 1. The number of amides is 1. The first-order valence-electron chi connectivity index (χ1n) is 10.0. The Hall–Kier alpha value is -2.58. The van der Waals surface area contributed by atoms with Crippen LogP contribution in [0.5, 0.6) is 5.75 Å². The molecule has 0 aromatic heterocycles. The number of benzene rings is 2. The van der Waals surface area contributed by atoms with Crippen molar-refractivity contribution in [2.45, 2.75) is 51.0 Å². The Kier molecular flexibility index (Phi) is 7.33. The van der Waals surface area contributed by atoms with Crippen molar-refractivity contribution in [1.29, 1.82) is 0 Å². The minimum Gasteiger partial charge on any atom is -0.494 e. The highest BCUT2D eigenvalue weighted by Crippen LogP contribution is 2.32. The number of unbranched alkanes of at least 4 members (excludes halogenated alkanes) is 1. The van der Waals surface area contributed by atoms with Gasteiger partial charge in [0.15, 0.2) is 0 Å². The first-order chi connectivity index (χ1) is 14.4. The third-order valence-electron chi connectivity index (χ3n) is 5.04. The molecule has 162 valence electrons. The van der Waals surface area contributed by atoms with Gasteiger partial charge in [-0.1, -0.05) is 43.7 Å². The second kappa shape index (κ2) is 9.95. The van der Waals surface area contributed by atoms with Gasteiger partial charge in [0, 0.05) is 12.6 Å². The molecule has 1 fully saturated rings. The monoisotopic (exact) mass is 421 g/mol. The zero-order chi connectivity index (χ0) is 21.6. The molecular formula is C22H26F3N3O2. The Morgan fingerprint density at radius 1 is 1.13 bits per heavy atom. The van der Waals surface area contributed by atoms with E-state index in [0.717, 1.165) is 30.2 Å². The topological polar surface area (TPSA) is 62.4 Å². The lowest BCUT2D eigenvalue weighted by atomic mass is 10.0. The van der Waals surface area contributed by atoms with E-state index in [1.54, 1.807) is 0 Å². The Labute approximate surface area is 174 Å². The van der Waals surface area contributed by atoms with Crippen LogP contribution in [0.4, 0.5) is 13.2 Å². The normalized spacial score (nSPS) is 18.9. The van der Waals surface area contributed by atoms with Crippen LogP contribution < -0.4 is 20.9 Å². The van der Waals surface area contributed by atoms with E-state index in [9.17, 15) is 18.0 Å². The molecule has 0 aliphatic carbocycles. The molecule has 0 saturated carbocycles. The van der Waals surface area contributed by atoms with Gasteiger partial charge < -0.3 is 10.1 Å². The van der Waals surface area contributed by atoms with E-state index in [2.05, 4.69) is 23.1 Å². The van der Waals surface area contributed by atoms with Crippen LogP contribution in [0.25, 0.3) is 0 Å². The molecule has 2 aromatic rings. The molecule has 0 bridgehead atoms. The van der Waals surface area contributed by atoms with Gasteiger partial charge in [-0.25, -0.2) is 10.9 Å². The predicted octanol–water partition coefficient (Wildman–Crippen LogP) is 4.11. The smallest absolute Gasteiger partial charge is 0.416 e. The van der Waals surface area contributed by atoms with Gasteiger partial charge in [0.05, 0.1) is 12.2 Å². The molecule has 2 unspecified atom stereocenters. The van der Waals surface area contributed by atoms with Crippen LogP contribution in [-0.4, -0.2) is 18.6 Å². The van der Waals surface area contributed by atoms with E-state index in [1.807, 2.05) is 24.3 Å². The van der Waals surface area contributed by atoms with Crippen molar-refractivity contribution in [3.05, 3.63) is 65.2 Å². The first-order valence-corrected chi connectivity index (χ1v) is 10.0. The summed E-state index contributed by atoms with van der Waals surface area (Å²) in [5.41, 5.74) is 6.31. The summed E-state index contributed by atoms with van der Waals surface area (Å²) < 4.78 is 44.9. The maximum atomic E-state index is 13.1. The lowest BCUT2D eigenvalue weighted by Gasteiger charge is -2.15. The molecular weight excluding hydrogens is 395 g/mol. The van der Waals surface area contributed by atoms with Crippen LogP contribution in [0, 0.1) is 0 Å². The Morgan fingerprint density at radius 2 is 1.87 bits per heavy atom. The van der Waals surface area contributed by atoms with Crippen molar-refractivity contribution in [2.75, 3.05) is 6.61 Å². The SMILES string of the molecule is CCCCOc1ccc(C2CC(C(=O)NCc3ccccc3C(F)(F)F)NN2)cc1. The van der Waals surface area contributed by atoms with Crippen LogP contribution in [0.3, 0.4) is 0 Å². The molecule has 5 nitrogen and oxygen atoms in total. The minimum atomic E-state index is -4.45. The first kappa shape index (κ1) is 22.1. The number of hydrazine groups is 1. The number of nitrogens with one attached hydrogen (secondary N) is 3. The molecule has 1 saturated heterocycles. The summed E-state index contributed by atoms with van der Waals surface area (Å²) in [6.07, 6.45) is -1.89. The van der Waals surface area contributed by atoms with Crippen molar-refractivity contribution in [3.63, 3.8) is 0 Å². The summed E-state index contributed by atoms with van der Waals surface area (Å²) in [7, 11) is 0. The molecule has 8 heteroatoms. The molecule has 2 aromatic carbocycles. The van der Waals surface area contributed by atoms with Gasteiger partial charge in [-0.05, 0) is 42.2 Å². The highest BCUT2D eigenvalue weighted by molar-refractivity contribution is 5.82.